The van der Waals surface area contributed by atoms with Crippen molar-refractivity contribution in [1.29, 1.82) is 0 Å². The molecule has 0 aliphatic carbocycles. The number of hydrogen-bond acceptors (Lipinski definition) is 8. The molecule has 0 saturated carbocycles. The second-order valence-electron chi connectivity index (χ2n) is 19.6. The van der Waals surface area contributed by atoms with E-state index in [1.165, 1.54) is 154 Å². The summed E-state index contributed by atoms with van der Waals surface area (Å²) in [5.41, 5.74) is 0. The molecule has 0 aliphatic heterocycles. The summed E-state index contributed by atoms with van der Waals surface area (Å²) in [6.45, 7) is 23.2. The fourth-order valence-corrected chi connectivity index (χ4v) is 17.5. The van der Waals surface area contributed by atoms with Crippen molar-refractivity contribution in [3.8, 4) is 0 Å². The molecule has 0 aromatic rings. The molecule has 7 nitrogen and oxygen atoms in total. The van der Waals surface area contributed by atoms with Crippen molar-refractivity contribution >= 4 is 34.6 Å². The van der Waals surface area contributed by atoms with E-state index < -0.39 is 16.9 Å². The summed E-state index contributed by atoms with van der Waals surface area (Å²) in [5.74, 6) is 1.09. The number of unbranched alkanes of at least 4 members (excludes halogenated alkanes) is 24. The van der Waals surface area contributed by atoms with Gasteiger partial charge in [-0.25, -0.2) is 0 Å². The fraction of sp³-hybridized carbons (Fsp3) is 0.981. The number of carbonyl (C=O) groups excluding carboxylic acids is 1. The molecule has 0 saturated heterocycles. The SMILES string of the molecule is CCCCCCCCCCSC(CCCC)C(=O)OCCCCCCN(CCCCO)CCCCCCOC(CCCCCCC)O[Si](C)(C)O[Si](C)(C)CCCCCCCC. The van der Waals surface area contributed by atoms with Gasteiger partial charge in [0, 0.05) is 13.2 Å². The Morgan fingerprint density at radius 3 is 1.56 bits per heavy atom. The first kappa shape index (κ1) is 62.1. The van der Waals surface area contributed by atoms with Crippen LogP contribution in [-0.4, -0.2) is 89.6 Å². The maximum absolute atomic E-state index is 13.0. The monoisotopic (exact) mass is 932 g/mol. The number of thioether (sulfide) groups is 1. The van der Waals surface area contributed by atoms with Crippen molar-refractivity contribution < 1.29 is 27.9 Å². The second kappa shape index (κ2) is 44.9. The minimum Gasteiger partial charge on any atom is -0.465 e. The molecule has 0 heterocycles. The third-order valence-electron chi connectivity index (χ3n) is 12.2. The Kier molecular flexibility index (Phi) is 44.9. The van der Waals surface area contributed by atoms with Crippen LogP contribution in [0, 0.1) is 0 Å². The highest BCUT2D eigenvalue weighted by atomic mass is 32.2. The Balaban J connectivity index is 4.58. The fourth-order valence-electron chi connectivity index (χ4n) is 8.44. The molecule has 0 rings (SSSR count). The van der Waals surface area contributed by atoms with Gasteiger partial charge in [0.25, 0.3) is 0 Å². The summed E-state index contributed by atoms with van der Waals surface area (Å²) in [5, 5.41) is 9.41. The van der Waals surface area contributed by atoms with Gasteiger partial charge in [0.15, 0.2) is 8.32 Å². The number of ether oxygens (including phenoxy) is 2. The molecule has 0 aromatic heterocycles. The van der Waals surface area contributed by atoms with Crippen LogP contribution in [0.15, 0.2) is 0 Å². The average molecular weight is 933 g/mol. The quantitative estimate of drug-likeness (QED) is 0.0280. The number of rotatable bonds is 50. The van der Waals surface area contributed by atoms with Crippen LogP contribution < -0.4 is 0 Å². The third-order valence-corrected chi connectivity index (χ3v) is 20.1. The van der Waals surface area contributed by atoms with Crippen molar-refractivity contribution in [2.75, 3.05) is 45.2 Å². The Morgan fingerprint density at radius 2 is 1.00 bits per heavy atom. The number of hydrogen-bond donors (Lipinski definition) is 1. The highest BCUT2D eigenvalue weighted by molar-refractivity contribution is 8.00. The number of esters is 1. The van der Waals surface area contributed by atoms with Crippen LogP contribution in [0.25, 0.3) is 0 Å². The summed E-state index contributed by atoms with van der Waals surface area (Å²) in [6, 6.07) is 1.22. The van der Waals surface area contributed by atoms with Crippen LogP contribution >= 0.6 is 11.8 Å². The van der Waals surface area contributed by atoms with E-state index in [1.54, 1.807) is 0 Å². The van der Waals surface area contributed by atoms with Crippen molar-refractivity contribution in [3.63, 3.8) is 0 Å². The summed E-state index contributed by atoms with van der Waals surface area (Å²) in [4.78, 5) is 15.6. The molecule has 2 atom stereocenters. The van der Waals surface area contributed by atoms with Crippen LogP contribution in [0.2, 0.25) is 32.2 Å². The largest absolute Gasteiger partial charge is 0.465 e. The lowest BCUT2D eigenvalue weighted by Gasteiger charge is -2.36. The van der Waals surface area contributed by atoms with E-state index in [0.717, 1.165) is 96.2 Å². The summed E-state index contributed by atoms with van der Waals surface area (Å²) < 4.78 is 26.0. The highest BCUT2D eigenvalue weighted by Crippen LogP contribution is 2.26. The van der Waals surface area contributed by atoms with Crippen LogP contribution in [-0.2, 0) is 22.8 Å². The average Bonchev–Trinajstić information content (AvgIpc) is 3.23. The van der Waals surface area contributed by atoms with Gasteiger partial charge in [-0.1, -0.05) is 175 Å². The lowest BCUT2D eigenvalue weighted by molar-refractivity contribution is -0.143. The van der Waals surface area contributed by atoms with Gasteiger partial charge in [-0.2, -0.15) is 0 Å². The van der Waals surface area contributed by atoms with Crippen LogP contribution in [0.4, 0.5) is 0 Å². The maximum Gasteiger partial charge on any atom is 0.323 e. The van der Waals surface area contributed by atoms with Crippen LogP contribution in [0.1, 0.15) is 240 Å². The second-order valence-corrected chi connectivity index (χ2v) is 28.8. The number of carbonyl (C=O) groups is 1. The lowest BCUT2D eigenvalue weighted by Crippen LogP contribution is -2.48. The van der Waals surface area contributed by atoms with Gasteiger partial charge in [0.1, 0.15) is 11.5 Å². The van der Waals surface area contributed by atoms with Crippen molar-refractivity contribution in [3.05, 3.63) is 0 Å². The summed E-state index contributed by atoms with van der Waals surface area (Å²) in [6.07, 6.45) is 39.9. The third kappa shape index (κ3) is 41.5. The van der Waals surface area contributed by atoms with E-state index in [0.29, 0.717) is 6.61 Å². The molecular weight excluding hydrogens is 823 g/mol. The predicted molar refractivity (Wildman–Crippen MR) is 277 cm³/mol. The topological polar surface area (TPSA) is 77.5 Å². The Labute approximate surface area is 394 Å². The Morgan fingerprint density at radius 1 is 0.532 bits per heavy atom. The minimum atomic E-state index is -2.32. The van der Waals surface area contributed by atoms with E-state index in [9.17, 15) is 9.90 Å². The van der Waals surface area contributed by atoms with Crippen molar-refractivity contribution in [2.24, 2.45) is 0 Å². The van der Waals surface area contributed by atoms with E-state index in [-0.39, 0.29) is 24.1 Å². The highest BCUT2D eigenvalue weighted by Gasteiger charge is 2.36. The molecule has 62 heavy (non-hydrogen) atoms. The molecular formula is C52H109NO6SSi2. The number of aliphatic hydroxyl groups excluding tert-OH is 1. The summed E-state index contributed by atoms with van der Waals surface area (Å²) >= 11 is 1.84. The summed E-state index contributed by atoms with van der Waals surface area (Å²) in [7, 11) is -4.10. The molecule has 0 spiro atoms. The van der Waals surface area contributed by atoms with Gasteiger partial charge in [0.2, 0.25) is 0 Å². The first-order valence-electron chi connectivity index (χ1n) is 27.1. The zero-order valence-electron chi connectivity index (χ0n) is 43.0. The Hall–Kier alpha value is 0.0538. The molecule has 0 amide bonds. The van der Waals surface area contributed by atoms with E-state index in [4.69, 9.17) is 18.0 Å². The molecule has 0 radical (unpaired) electrons. The van der Waals surface area contributed by atoms with Crippen LogP contribution in [0.5, 0.6) is 0 Å². The van der Waals surface area contributed by atoms with Gasteiger partial charge in [-0.15, -0.1) is 11.8 Å². The minimum absolute atomic E-state index is 0.00727. The lowest BCUT2D eigenvalue weighted by atomic mass is 10.1. The van der Waals surface area contributed by atoms with E-state index >= 15 is 0 Å². The normalized spacial score (nSPS) is 13.3. The molecule has 0 fully saturated rings. The van der Waals surface area contributed by atoms with Gasteiger partial charge in [-0.3, -0.25) is 4.79 Å². The molecule has 0 aliphatic rings. The van der Waals surface area contributed by atoms with Gasteiger partial charge in [0.05, 0.1) is 6.61 Å². The van der Waals surface area contributed by atoms with E-state index in [1.807, 2.05) is 11.8 Å². The van der Waals surface area contributed by atoms with Gasteiger partial charge >= 0.3 is 14.5 Å². The molecule has 372 valence electrons. The van der Waals surface area contributed by atoms with Gasteiger partial charge in [-0.05, 0) is 122 Å². The molecule has 2 unspecified atom stereocenters. The predicted octanol–water partition coefficient (Wildman–Crippen LogP) is 16.2. The van der Waals surface area contributed by atoms with Crippen LogP contribution in [0.3, 0.4) is 0 Å². The zero-order valence-corrected chi connectivity index (χ0v) is 45.8. The smallest absolute Gasteiger partial charge is 0.323 e. The molecule has 0 bridgehead atoms. The molecule has 0 aromatic carbocycles. The first-order chi connectivity index (χ1) is 30.0. The molecule has 10 heteroatoms. The van der Waals surface area contributed by atoms with Gasteiger partial charge < -0.3 is 28.0 Å². The maximum atomic E-state index is 13.0. The Bertz CT molecular complexity index is 947. The molecule has 1 N–H and O–H groups in total. The van der Waals surface area contributed by atoms with Crippen molar-refractivity contribution in [1.82, 2.24) is 4.90 Å². The number of aliphatic hydroxyl groups is 1. The van der Waals surface area contributed by atoms with E-state index in [2.05, 4.69) is 58.8 Å². The standard InChI is InChI=1S/C52H109NO6SSi2/c1-9-13-17-20-22-23-29-38-48-60-50(40-16-12-4)52(55)57-47-37-28-26-33-43-53(44-34-35-45-54)42-32-25-27-36-46-56-51(41-31-24-19-15-11-3)58-62(7,8)59-61(5,6)49-39-30-21-18-14-10-2/h50-51,54H,9-49H2,1-8H3. The number of nitrogens with zero attached hydrogens (tertiary/aromatic N) is 1. The first-order valence-corrected chi connectivity index (χ1v) is 34.1. The zero-order chi connectivity index (χ0) is 45.8. The van der Waals surface area contributed by atoms with Crippen molar-refractivity contribution in [2.45, 2.75) is 283 Å².